The smallest absolute Gasteiger partial charge is 0.0548 e. The predicted molar refractivity (Wildman–Crippen MR) is 49.7 cm³/mol. The molecule has 3 heteroatoms. The van der Waals surface area contributed by atoms with Gasteiger partial charge >= 0.3 is 0 Å². The number of rotatable bonds is 3. The molecular weight excluding hydrogens is 150 g/mol. The fraction of sp³-hybridized carbons (Fsp3) is 0.667. The van der Waals surface area contributed by atoms with Gasteiger partial charge in [0.05, 0.1) is 11.9 Å². The van der Waals surface area contributed by atoms with Crippen molar-refractivity contribution in [3.8, 4) is 0 Å². The molecule has 3 N–H and O–H groups in total. The van der Waals surface area contributed by atoms with E-state index in [1.165, 1.54) is 5.56 Å². The Morgan fingerprint density at radius 2 is 2.17 bits per heavy atom. The van der Waals surface area contributed by atoms with Crippen molar-refractivity contribution in [2.45, 2.75) is 33.2 Å². The van der Waals surface area contributed by atoms with E-state index >= 15 is 0 Å². The number of hydrogen-bond acceptors (Lipinski definition) is 2. The predicted octanol–water partition coefficient (Wildman–Crippen LogP) is 1.63. The fourth-order valence-electron chi connectivity index (χ4n) is 1.32. The maximum atomic E-state index is 5.76. The molecule has 0 aliphatic carbocycles. The summed E-state index contributed by atoms with van der Waals surface area (Å²) in [6, 6.07) is 0.0567. The Bertz CT molecular complexity index is 238. The molecule has 0 saturated heterocycles. The number of nitrogens with zero attached hydrogens (tertiary/aromatic N) is 1. The molecule has 68 valence electrons. The van der Waals surface area contributed by atoms with E-state index in [1.807, 2.05) is 13.1 Å². The zero-order valence-corrected chi connectivity index (χ0v) is 7.96. The van der Waals surface area contributed by atoms with Crippen molar-refractivity contribution < 1.29 is 0 Å². The van der Waals surface area contributed by atoms with Crippen molar-refractivity contribution in [1.29, 1.82) is 0 Å². The molecule has 0 bridgehead atoms. The van der Waals surface area contributed by atoms with Crippen LogP contribution in [-0.2, 0) is 6.42 Å². The topological polar surface area (TPSA) is 54.7 Å². The molecule has 1 aromatic heterocycles. The summed E-state index contributed by atoms with van der Waals surface area (Å²) >= 11 is 0. The van der Waals surface area contributed by atoms with Gasteiger partial charge in [-0.25, -0.2) is 0 Å². The molecular formula is C9H17N3. The molecule has 1 heterocycles. The first-order valence-corrected chi connectivity index (χ1v) is 4.39. The van der Waals surface area contributed by atoms with E-state index in [1.54, 1.807) is 0 Å². The Hall–Kier alpha value is -0.830. The van der Waals surface area contributed by atoms with Gasteiger partial charge in [0, 0.05) is 6.04 Å². The number of nitrogens with two attached hydrogens (primary N) is 1. The van der Waals surface area contributed by atoms with Gasteiger partial charge in [0.15, 0.2) is 0 Å². The van der Waals surface area contributed by atoms with Gasteiger partial charge in [-0.1, -0.05) is 13.8 Å². The zero-order valence-electron chi connectivity index (χ0n) is 7.96. The fourth-order valence-corrected chi connectivity index (χ4v) is 1.32. The minimum Gasteiger partial charge on any atom is -0.323 e. The summed E-state index contributed by atoms with van der Waals surface area (Å²) in [5, 5.41) is 6.93. The van der Waals surface area contributed by atoms with Crippen LogP contribution in [-0.4, -0.2) is 10.2 Å². The minimum absolute atomic E-state index is 0.0567. The van der Waals surface area contributed by atoms with Crippen LogP contribution in [0.5, 0.6) is 0 Å². The summed E-state index contributed by atoms with van der Waals surface area (Å²) in [7, 11) is 0. The summed E-state index contributed by atoms with van der Waals surface area (Å²) in [6.07, 6.45) is 2.92. The lowest BCUT2D eigenvalue weighted by molar-refractivity contribution is 0.635. The average Bonchev–Trinajstić information content (AvgIpc) is 2.33. The molecule has 0 radical (unpaired) electrons. The van der Waals surface area contributed by atoms with E-state index in [9.17, 15) is 0 Å². The number of aromatic amines is 1. The third-order valence-corrected chi connectivity index (χ3v) is 1.83. The molecule has 1 rings (SSSR count). The van der Waals surface area contributed by atoms with Crippen LogP contribution in [0.15, 0.2) is 6.20 Å². The van der Waals surface area contributed by atoms with Gasteiger partial charge in [-0.05, 0) is 24.8 Å². The quantitative estimate of drug-likeness (QED) is 0.718. The molecule has 0 aliphatic rings. The highest BCUT2D eigenvalue weighted by Gasteiger charge is 2.09. The maximum absolute atomic E-state index is 5.76. The van der Waals surface area contributed by atoms with Gasteiger partial charge in [-0.2, -0.15) is 5.10 Å². The molecule has 1 unspecified atom stereocenters. The Labute approximate surface area is 73.4 Å². The van der Waals surface area contributed by atoms with E-state index in [0.717, 1.165) is 12.1 Å². The SMILES string of the molecule is CC(C)Cc1cn[nH]c1C(C)N. The molecule has 1 atom stereocenters. The minimum atomic E-state index is 0.0567. The lowest BCUT2D eigenvalue weighted by Gasteiger charge is -2.07. The van der Waals surface area contributed by atoms with E-state index in [-0.39, 0.29) is 6.04 Å². The highest BCUT2D eigenvalue weighted by Crippen LogP contribution is 2.15. The number of aromatic nitrogens is 2. The Morgan fingerprint density at radius 3 is 2.67 bits per heavy atom. The molecule has 12 heavy (non-hydrogen) atoms. The summed E-state index contributed by atoms with van der Waals surface area (Å²) in [5.74, 6) is 0.653. The van der Waals surface area contributed by atoms with Crippen LogP contribution in [0.2, 0.25) is 0 Å². The highest BCUT2D eigenvalue weighted by molar-refractivity contribution is 5.19. The van der Waals surface area contributed by atoms with Gasteiger partial charge in [0.25, 0.3) is 0 Å². The first-order valence-electron chi connectivity index (χ1n) is 4.39. The second-order valence-corrected chi connectivity index (χ2v) is 3.70. The van der Waals surface area contributed by atoms with E-state index in [2.05, 4.69) is 24.0 Å². The van der Waals surface area contributed by atoms with Crippen molar-refractivity contribution in [2.75, 3.05) is 0 Å². The summed E-state index contributed by atoms with van der Waals surface area (Å²) in [6.45, 7) is 6.35. The Kier molecular flexibility index (Phi) is 2.87. The van der Waals surface area contributed by atoms with Crippen LogP contribution in [0, 0.1) is 5.92 Å². The van der Waals surface area contributed by atoms with Crippen LogP contribution < -0.4 is 5.73 Å². The molecule has 0 aromatic carbocycles. The van der Waals surface area contributed by atoms with E-state index < -0.39 is 0 Å². The van der Waals surface area contributed by atoms with E-state index in [4.69, 9.17) is 5.73 Å². The summed E-state index contributed by atoms with van der Waals surface area (Å²) < 4.78 is 0. The van der Waals surface area contributed by atoms with Crippen LogP contribution in [0.4, 0.5) is 0 Å². The third-order valence-electron chi connectivity index (χ3n) is 1.83. The zero-order chi connectivity index (χ0) is 9.14. The molecule has 1 aromatic rings. The van der Waals surface area contributed by atoms with Crippen molar-refractivity contribution in [3.63, 3.8) is 0 Å². The number of nitrogens with one attached hydrogen (secondary N) is 1. The molecule has 0 spiro atoms. The molecule has 3 nitrogen and oxygen atoms in total. The molecule has 0 saturated carbocycles. The standard InChI is InChI=1S/C9H17N3/c1-6(2)4-8-5-11-12-9(8)7(3)10/h5-7H,4,10H2,1-3H3,(H,11,12). The van der Waals surface area contributed by atoms with Crippen molar-refractivity contribution in [2.24, 2.45) is 11.7 Å². The summed E-state index contributed by atoms with van der Waals surface area (Å²) in [5.41, 5.74) is 8.09. The molecule has 0 aliphatic heterocycles. The average molecular weight is 167 g/mol. The second-order valence-electron chi connectivity index (χ2n) is 3.70. The lowest BCUT2D eigenvalue weighted by atomic mass is 10.0. The van der Waals surface area contributed by atoms with Crippen molar-refractivity contribution in [1.82, 2.24) is 10.2 Å². The number of hydrogen-bond donors (Lipinski definition) is 2. The molecule has 0 fully saturated rings. The third kappa shape index (κ3) is 2.08. The van der Waals surface area contributed by atoms with Gasteiger partial charge in [0.2, 0.25) is 0 Å². The lowest BCUT2D eigenvalue weighted by Crippen LogP contribution is -2.09. The Morgan fingerprint density at radius 1 is 1.50 bits per heavy atom. The van der Waals surface area contributed by atoms with Crippen LogP contribution in [0.3, 0.4) is 0 Å². The van der Waals surface area contributed by atoms with Gasteiger partial charge < -0.3 is 5.73 Å². The normalized spacial score (nSPS) is 13.8. The number of H-pyrrole nitrogens is 1. The second kappa shape index (κ2) is 3.72. The van der Waals surface area contributed by atoms with Gasteiger partial charge in [-0.3, -0.25) is 5.10 Å². The van der Waals surface area contributed by atoms with Crippen molar-refractivity contribution >= 4 is 0 Å². The largest absolute Gasteiger partial charge is 0.323 e. The first kappa shape index (κ1) is 9.26. The Balaban J connectivity index is 2.77. The van der Waals surface area contributed by atoms with Crippen molar-refractivity contribution in [3.05, 3.63) is 17.5 Å². The highest BCUT2D eigenvalue weighted by atomic mass is 15.1. The molecule has 0 amide bonds. The monoisotopic (exact) mass is 167 g/mol. The van der Waals surface area contributed by atoms with Crippen LogP contribution in [0.25, 0.3) is 0 Å². The van der Waals surface area contributed by atoms with E-state index in [0.29, 0.717) is 5.92 Å². The van der Waals surface area contributed by atoms with Gasteiger partial charge in [-0.15, -0.1) is 0 Å². The van der Waals surface area contributed by atoms with Gasteiger partial charge in [0.1, 0.15) is 0 Å². The first-order chi connectivity index (χ1) is 5.61. The van der Waals surface area contributed by atoms with Crippen LogP contribution >= 0.6 is 0 Å². The van der Waals surface area contributed by atoms with Crippen LogP contribution in [0.1, 0.15) is 38.1 Å². The summed E-state index contributed by atoms with van der Waals surface area (Å²) in [4.78, 5) is 0. The maximum Gasteiger partial charge on any atom is 0.0548 e.